The zero-order valence-corrected chi connectivity index (χ0v) is 9.74. The number of terminal acetylenes is 1. The Morgan fingerprint density at radius 2 is 1.94 bits per heavy atom. The van der Waals surface area contributed by atoms with E-state index in [1.165, 1.54) is 0 Å². The van der Waals surface area contributed by atoms with Crippen LogP contribution in [0, 0.1) is 18.3 Å². The second-order valence-corrected chi connectivity index (χ2v) is 4.25. The molecule has 1 aliphatic carbocycles. The average molecular weight is 238 g/mol. The first-order chi connectivity index (χ1) is 8.13. The number of amides is 1. The van der Waals surface area contributed by atoms with Gasteiger partial charge in [-0.3, -0.25) is 9.59 Å². The molecule has 3 N–H and O–H groups in total. The van der Waals surface area contributed by atoms with Crippen LogP contribution in [-0.2, 0) is 9.59 Å². The first-order valence-corrected chi connectivity index (χ1v) is 5.80. The van der Waals surface area contributed by atoms with Crippen LogP contribution in [-0.4, -0.2) is 36.1 Å². The van der Waals surface area contributed by atoms with Crippen LogP contribution in [0.25, 0.3) is 0 Å². The highest BCUT2D eigenvalue weighted by molar-refractivity contribution is 5.78. The van der Waals surface area contributed by atoms with Gasteiger partial charge in [-0.1, -0.05) is 5.92 Å². The molecule has 0 bridgehead atoms. The second kappa shape index (κ2) is 6.92. The van der Waals surface area contributed by atoms with E-state index < -0.39 is 5.97 Å². The fraction of sp³-hybridized carbons (Fsp3) is 0.667. The van der Waals surface area contributed by atoms with Gasteiger partial charge in [-0.15, -0.1) is 6.42 Å². The van der Waals surface area contributed by atoms with Crippen LogP contribution >= 0.6 is 0 Å². The molecule has 1 fully saturated rings. The van der Waals surface area contributed by atoms with E-state index in [0.29, 0.717) is 12.8 Å². The molecule has 5 nitrogen and oxygen atoms in total. The van der Waals surface area contributed by atoms with Crippen LogP contribution < -0.4 is 10.6 Å². The molecule has 94 valence electrons. The van der Waals surface area contributed by atoms with Gasteiger partial charge in [-0.25, -0.2) is 0 Å². The van der Waals surface area contributed by atoms with Crippen molar-refractivity contribution in [2.75, 3.05) is 13.1 Å². The minimum atomic E-state index is -0.713. The highest BCUT2D eigenvalue weighted by Gasteiger charge is 2.25. The molecule has 0 aromatic rings. The SMILES string of the molecule is C#CCNC(=O)CNC1CCC(C(=O)O)CC1. The standard InChI is InChI=1S/C12H18N2O3/c1-2-7-13-11(15)8-14-10-5-3-9(4-6-10)12(16)17/h1,9-10,14H,3-8H2,(H,13,15)(H,16,17). The molecule has 17 heavy (non-hydrogen) atoms. The summed E-state index contributed by atoms with van der Waals surface area (Å²) < 4.78 is 0. The zero-order valence-electron chi connectivity index (χ0n) is 9.74. The maximum Gasteiger partial charge on any atom is 0.306 e. The number of carbonyl (C=O) groups is 2. The highest BCUT2D eigenvalue weighted by Crippen LogP contribution is 2.24. The van der Waals surface area contributed by atoms with Gasteiger partial charge in [-0.2, -0.15) is 0 Å². The third kappa shape index (κ3) is 4.87. The first kappa shape index (κ1) is 13.5. The lowest BCUT2D eigenvalue weighted by atomic mass is 9.86. The van der Waals surface area contributed by atoms with Crippen molar-refractivity contribution in [1.82, 2.24) is 10.6 Å². The van der Waals surface area contributed by atoms with Crippen molar-refractivity contribution in [2.45, 2.75) is 31.7 Å². The van der Waals surface area contributed by atoms with E-state index in [2.05, 4.69) is 16.6 Å². The highest BCUT2D eigenvalue weighted by atomic mass is 16.4. The lowest BCUT2D eigenvalue weighted by molar-refractivity contribution is -0.143. The van der Waals surface area contributed by atoms with Crippen LogP contribution in [0.2, 0.25) is 0 Å². The minimum Gasteiger partial charge on any atom is -0.481 e. The average Bonchev–Trinajstić information content (AvgIpc) is 2.34. The summed E-state index contributed by atoms with van der Waals surface area (Å²) in [4.78, 5) is 22.0. The summed E-state index contributed by atoms with van der Waals surface area (Å²) in [6, 6.07) is 0.238. The summed E-state index contributed by atoms with van der Waals surface area (Å²) >= 11 is 0. The van der Waals surface area contributed by atoms with Gasteiger partial charge in [0.05, 0.1) is 19.0 Å². The summed E-state index contributed by atoms with van der Waals surface area (Å²) in [6.07, 6.45) is 7.99. The van der Waals surface area contributed by atoms with Crippen LogP contribution in [0.1, 0.15) is 25.7 Å². The van der Waals surface area contributed by atoms with Crippen molar-refractivity contribution in [3.8, 4) is 12.3 Å². The van der Waals surface area contributed by atoms with E-state index in [-0.39, 0.29) is 31.0 Å². The molecule has 0 aromatic heterocycles. The molecule has 0 heterocycles. The van der Waals surface area contributed by atoms with E-state index in [4.69, 9.17) is 11.5 Å². The van der Waals surface area contributed by atoms with Gasteiger partial charge in [0, 0.05) is 6.04 Å². The number of rotatable bonds is 5. The van der Waals surface area contributed by atoms with Gasteiger partial charge in [0.1, 0.15) is 0 Å². The number of hydrogen-bond acceptors (Lipinski definition) is 3. The molecular formula is C12H18N2O3. The Morgan fingerprint density at radius 3 is 2.47 bits per heavy atom. The monoisotopic (exact) mass is 238 g/mol. The molecule has 5 heteroatoms. The van der Waals surface area contributed by atoms with Crippen molar-refractivity contribution in [3.63, 3.8) is 0 Å². The Kier molecular flexibility index (Phi) is 5.50. The molecule has 0 aromatic carbocycles. The van der Waals surface area contributed by atoms with E-state index in [9.17, 15) is 9.59 Å². The third-order valence-electron chi connectivity index (χ3n) is 3.02. The van der Waals surface area contributed by atoms with Crippen LogP contribution in [0.15, 0.2) is 0 Å². The normalized spacial score (nSPS) is 23.7. The van der Waals surface area contributed by atoms with Crippen LogP contribution in [0.5, 0.6) is 0 Å². The van der Waals surface area contributed by atoms with E-state index in [1.807, 2.05) is 0 Å². The zero-order chi connectivity index (χ0) is 12.7. The van der Waals surface area contributed by atoms with Crippen molar-refractivity contribution >= 4 is 11.9 Å². The Hall–Kier alpha value is -1.54. The molecule has 1 saturated carbocycles. The van der Waals surface area contributed by atoms with Crippen molar-refractivity contribution < 1.29 is 14.7 Å². The number of hydrogen-bond donors (Lipinski definition) is 3. The van der Waals surface area contributed by atoms with E-state index in [0.717, 1.165) is 12.8 Å². The number of carbonyl (C=O) groups excluding carboxylic acids is 1. The molecule has 0 atom stereocenters. The number of carboxylic acid groups (broad SMARTS) is 1. The molecule has 0 saturated heterocycles. The van der Waals surface area contributed by atoms with Crippen molar-refractivity contribution in [1.29, 1.82) is 0 Å². The number of carboxylic acids is 1. The number of aliphatic carboxylic acids is 1. The summed E-state index contributed by atoms with van der Waals surface area (Å²) in [5, 5.41) is 14.5. The lowest BCUT2D eigenvalue weighted by Gasteiger charge is -2.26. The maximum absolute atomic E-state index is 11.3. The number of nitrogens with one attached hydrogen (secondary N) is 2. The lowest BCUT2D eigenvalue weighted by Crippen LogP contribution is -2.41. The largest absolute Gasteiger partial charge is 0.481 e. The summed E-state index contributed by atoms with van der Waals surface area (Å²) in [5.41, 5.74) is 0. The van der Waals surface area contributed by atoms with Gasteiger partial charge in [0.25, 0.3) is 0 Å². The Balaban J connectivity index is 2.16. The maximum atomic E-state index is 11.3. The van der Waals surface area contributed by atoms with Crippen molar-refractivity contribution in [2.24, 2.45) is 5.92 Å². The van der Waals surface area contributed by atoms with Gasteiger partial charge in [0.2, 0.25) is 5.91 Å². The fourth-order valence-electron chi connectivity index (χ4n) is 1.99. The molecule has 0 aliphatic heterocycles. The van der Waals surface area contributed by atoms with Gasteiger partial charge in [-0.05, 0) is 25.7 Å². The second-order valence-electron chi connectivity index (χ2n) is 4.25. The molecular weight excluding hydrogens is 220 g/mol. The quantitative estimate of drug-likeness (QED) is 0.588. The molecule has 0 spiro atoms. The smallest absolute Gasteiger partial charge is 0.306 e. The molecule has 0 radical (unpaired) electrons. The van der Waals surface area contributed by atoms with E-state index in [1.54, 1.807) is 0 Å². The Bertz CT molecular complexity index is 314. The topological polar surface area (TPSA) is 78.4 Å². The minimum absolute atomic E-state index is 0.122. The Labute approximate surface area is 101 Å². The van der Waals surface area contributed by atoms with Crippen LogP contribution in [0.3, 0.4) is 0 Å². The van der Waals surface area contributed by atoms with E-state index >= 15 is 0 Å². The van der Waals surface area contributed by atoms with Gasteiger partial charge >= 0.3 is 5.97 Å². The molecule has 1 rings (SSSR count). The molecule has 1 aliphatic rings. The fourth-order valence-corrected chi connectivity index (χ4v) is 1.99. The molecule has 1 amide bonds. The first-order valence-electron chi connectivity index (χ1n) is 5.80. The Morgan fingerprint density at radius 1 is 1.29 bits per heavy atom. The third-order valence-corrected chi connectivity index (χ3v) is 3.02. The molecule has 0 unspecified atom stereocenters. The summed E-state index contributed by atoms with van der Waals surface area (Å²) in [5.74, 6) is 1.28. The summed E-state index contributed by atoms with van der Waals surface area (Å²) in [7, 11) is 0. The predicted molar refractivity (Wildman–Crippen MR) is 63.2 cm³/mol. The predicted octanol–water partition coefficient (Wildman–Crippen LogP) is -0.0312. The van der Waals surface area contributed by atoms with Crippen molar-refractivity contribution in [3.05, 3.63) is 0 Å². The van der Waals surface area contributed by atoms with Gasteiger partial charge < -0.3 is 15.7 Å². The summed E-state index contributed by atoms with van der Waals surface area (Å²) in [6.45, 7) is 0.482. The van der Waals surface area contributed by atoms with Crippen LogP contribution in [0.4, 0.5) is 0 Å². The van der Waals surface area contributed by atoms with Gasteiger partial charge in [0.15, 0.2) is 0 Å².